The number of rotatable bonds is 82. The molecule has 16 nitrogen and oxygen atoms in total. The molecular formula is C93H158O16P2. The maximum absolute atomic E-state index is 13.0. The second kappa shape index (κ2) is 84.6. The lowest BCUT2D eigenvalue weighted by Crippen LogP contribution is -2.30. The Hall–Kier alpha value is -4.83. The number of hydrogen-bond donors (Lipinski definition) is 4. The van der Waals surface area contributed by atoms with Crippen LogP contribution in [0.5, 0.6) is 0 Å². The van der Waals surface area contributed by atoms with Crippen molar-refractivity contribution in [2.75, 3.05) is 39.6 Å². The maximum Gasteiger partial charge on any atom is 0.472 e. The van der Waals surface area contributed by atoms with Gasteiger partial charge in [0.2, 0.25) is 0 Å². The van der Waals surface area contributed by atoms with Crippen molar-refractivity contribution in [3.8, 4) is 0 Å². The zero-order valence-corrected chi connectivity index (χ0v) is 71.6. The van der Waals surface area contributed by atoms with Crippen LogP contribution in [0.25, 0.3) is 0 Å². The molecule has 0 rings (SSSR count). The molecule has 5 atom stereocenters. The van der Waals surface area contributed by atoms with Gasteiger partial charge in [0.15, 0.2) is 6.10 Å². The number of allylic oxidation sites excluding steroid dienone is 26. The van der Waals surface area contributed by atoms with Crippen LogP contribution < -0.4 is 0 Å². The summed E-state index contributed by atoms with van der Waals surface area (Å²) in [5.41, 5.74) is 0. The van der Waals surface area contributed by atoms with Crippen molar-refractivity contribution in [2.45, 2.75) is 373 Å². The lowest BCUT2D eigenvalue weighted by atomic mass is 10.0. The van der Waals surface area contributed by atoms with E-state index in [1.807, 2.05) is 0 Å². The summed E-state index contributed by atoms with van der Waals surface area (Å²) < 4.78 is 61.4. The first-order valence-electron chi connectivity index (χ1n) is 43.8. The smallest absolute Gasteiger partial charge is 0.463 e. The monoisotopic (exact) mass is 1590 g/mol. The molecule has 636 valence electrons. The number of aliphatic hydroxyl groups excluding tert-OH is 2. The van der Waals surface area contributed by atoms with Gasteiger partial charge in [0, 0.05) is 19.3 Å². The molecule has 18 heteroatoms. The second-order valence-electron chi connectivity index (χ2n) is 29.0. The fraction of sp³-hybridized carbons (Fsp3) is 0.688. The average Bonchev–Trinajstić information content (AvgIpc) is 0.812. The first-order valence-corrected chi connectivity index (χ1v) is 46.8. The van der Waals surface area contributed by atoms with E-state index in [1.54, 1.807) is 0 Å². The number of carbonyl (C=O) groups is 3. The summed E-state index contributed by atoms with van der Waals surface area (Å²) in [6.07, 6.45) is 107. The van der Waals surface area contributed by atoms with Crippen molar-refractivity contribution < 1.29 is 75.8 Å². The van der Waals surface area contributed by atoms with E-state index in [2.05, 4.69) is 179 Å². The summed E-state index contributed by atoms with van der Waals surface area (Å²) in [5.74, 6) is -1.60. The largest absolute Gasteiger partial charge is 0.472 e. The summed E-state index contributed by atoms with van der Waals surface area (Å²) in [6, 6.07) is 0. The summed E-state index contributed by atoms with van der Waals surface area (Å²) >= 11 is 0. The Labute approximate surface area is 676 Å². The topological polar surface area (TPSA) is 231 Å². The van der Waals surface area contributed by atoms with Crippen molar-refractivity contribution in [1.29, 1.82) is 0 Å². The van der Waals surface area contributed by atoms with Gasteiger partial charge in [-0.1, -0.05) is 339 Å². The number of esters is 3. The Morgan fingerprint density at radius 3 is 0.757 bits per heavy atom. The minimum absolute atomic E-state index is 0.0837. The highest BCUT2D eigenvalue weighted by Crippen LogP contribution is 2.45. The molecule has 0 amide bonds. The van der Waals surface area contributed by atoms with Crippen molar-refractivity contribution in [3.05, 3.63) is 158 Å². The summed E-state index contributed by atoms with van der Waals surface area (Å²) in [5, 5.41) is 20.7. The number of unbranched alkanes of at least 4 members (excludes halogenated alkanes) is 33. The van der Waals surface area contributed by atoms with Gasteiger partial charge in [0.05, 0.1) is 26.4 Å². The number of carbonyl (C=O) groups excluding carboxylic acids is 3. The van der Waals surface area contributed by atoms with Gasteiger partial charge in [0.25, 0.3) is 0 Å². The first kappa shape index (κ1) is 106. The molecule has 0 aromatic carbocycles. The highest BCUT2D eigenvalue weighted by molar-refractivity contribution is 7.47. The zero-order valence-electron chi connectivity index (χ0n) is 69.8. The summed E-state index contributed by atoms with van der Waals surface area (Å²) in [7, 11) is -9.81. The molecule has 4 N–H and O–H groups in total. The van der Waals surface area contributed by atoms with Crippen molar-refractivity contribution in [2.24, 2.45) is 0 Å². The van der Waals surface area contributed by atoms with E-state index < -0.39 is 91.5 Å². The van der Waals surface area contributed by atoms with Crippen molar-refractivity contribution >= 4 is 33.6 Å². The van der Waals surface area contributed by atoms with Gasteiger partial charge in [-0.25, -0.2) is 9.13 Å². The lowest BCUT2D eigenvalue weighted by molar-refractivity contribution is -0.161. The third-order valence-electron chi connectivity index (χ3n) is 18.2. The Kier molecular flexibility index (Phi) is 80.9. The average molecular weight is 1590 g/mol. The zero-order chi connectivity index (χ0) is 80.8. The minimum atomic E-state index is -4.95. The third kappa shape index (κ3) is 85.9. The normalized spacial score (nSPS) is 14.6. The van der Waals surface area contributed by atoms with Crippen LogP contribution in [0.1, 0.15) is 355 Å². The molecule has 0 saturated heterocycles. The number of phosphoric ester groups is 2. The van der Waals surface area contributed by atoms with Crippen LogP contribution in [-0.4, -0.2) is 95.9 Å². The molecule has 0 heterocycles. The van der Waals surface area contributed by atoms with Gasteiger partial charge in [-0.05, 0) is 154 Å². The van der Waals surface area contributed by atoms with Gasteiger partial charge in [-0.3, -0.25) is 32.5 Å². The van der Waals surface area contributed by atoms with Crippen LogP contribution >= 0.6 is 15.6 Å². The van der Waals surface area contributed by atoms with Gasteiger partial charge >= 0.3 is 33.6 Å². The number of phosphoric acid groups is 2. The SMILES string of the molecule is CC/C=C\C/C=C\C/C=C\C/C=C\C/C=C\C/C=C\CCCCCCCCCCC(=O)OCC(COP(=O)(O)OCC(O)COP(=O)(O)OCC(O)COC(=O)CCCCCCCCCCCCCCC/C=C\C/C=C\C/C=C\C/C=C\CCCCC)OC(=O)CCCCCCCC/C=C\C/C=C\C/C=C\CCCCC. The summed E-state index contributed by atoms with van der Waals surface area (Å²) in [4.78, 5) is 58.9. The fourth-order valence-electron chi connectivity index (χ4n) is 11.6. The molecule has 0 fully saturated rings. The molecule has 0 aromatic heterocycles. The van der Waals surface area contributed by atoms with Crippen LogP contribution in [-0.2, 0) is 55.8 Å². The van der Waals surface area contributed by atoms with Gasteiger partial charge < -0.3 is 34.2 Å². The van der Waals surface area contributed by atoms with E-state index in [9.17, 15) is 43.5 Å². The number of hydrogen-bond acceptors (Lipinski definition) is 14. The number of ether oxygens (including phenoxy) is 3. The molecule has 111 heavy (non-hydrogen) atoms. The lowest BCUT2D eigenvalue weighted by Gasteiger charge is -2.21. The van der Waals surface area contributed by atoms with Crippen LogP contribution in [0, 0.1) is 0 Å². The van der Waals surface area contributed by atoms with Crippen molar-refractivity contribution in [3.63, 3.8) is 0 Å². The fourth-order valence-corrected chi connectivity index (χ4v) is 13.2. The van der Waals surface area contributed by atoms with E-state index >= 15 is 0 Å². The second-order valence-corrected chi connectivity index (χ2v) is 31.9. The van der Waals surface area contributed by atoms with Crippen LogP contribution in [0.2, 0.25) is 0 Å². The van der Waals surface area contributed by atoms with E-state index in [0.717, 1.165) is 186 Å². The van der Waals surface area contributed by atoms with Gasteiger partial charge in [-0.2, -0.15) is 0 Å². The molecule has 0 aliphatic heterocycles. The molecule has 0 bridgehead atoms. The number of aliphatic hydroxyl groups is 2. The van der Waals surface area contributed by atoms with Gasteiger partial charge in [-0.15, -0.1) is 0 Å². The molecule has 0 radical (unpaired) electrons. The van der Waals surface area contributed by atoms with Crippen LogP contribution in [0.4, 0.5) is 0 Å². The highest BCUT2D eigenvalue weighted by Gasteiger charge is 2.29. The Morgan fingerprint density at radius 1 is 0.261 bits per heavy atom. The highest BCUT2D eigenvalue weighted by atomic mass is 31.2. The molecule has 0 aromatic rings. The third-order valence-corrected chi connectivity index (χ3v) is 20.1. The maximum atomic E-state index is 13.0. The first-order chi connectivity index (χ1) is 54.2. The molecule has 0 aliphatic carbocycles. The standard InChI is InChI=1S/C93H158O16P2/c1-4-7-10-13-16-19-22-25-28-31-34-36-38-40-42-43-45-47-48-50-53-55-58-61-64-67-70-73-76-79-91(96)103-82-88(94)83-105-110(99,100)106-84-89(95)85-107-111(101,102)108-87-90(109-93(98)81-78-75-72-69-66-63-60-57-52-33-30-27-24-21-18-15-12-9-6-3)86-104-92(97)80-77-74-71-68-65-62-59-56-54-51-49-46-44-41-39-37-35-32-29-26-23-20-17-14-11-8-5-2/h8,11,16-21,25-30,34-37,40-42,44,49,51-52,57,88-90,94-95H,4-7,9-10,12-15,22-24,31-33,38-39,43,45-48,50,53-56,58-87H2,1-3H3,(H,99,100)(H,101,102)/b11-8-,19-16-,20-17-,21-18-,28-25-,29-26-,30-27-,36-34-,37-35-,42-40-,44-41-,51-49-,57-52-. The predicted molar refractivity (Wildman–Crippen MR) is 463 cm³/mol. The van der Waals surface area contributed by atoms with E-state index in [4.69, 9.17) is 32.3 Å². The molecule has 0 spiro atoms. The van der Waals surface area contributed by atoms with E-state index in [-0.39, 0.29) is 19.3 Å². The van der Waals surface area contributed by atoms with E-state index in [1.165, 1.54) is 109 Å². The predicted octanol–water partition coefficient (Wildman–Crippen LogP) is 26.5. The minimum Gasteiger partial charge on any atom is -0.463 e. The molecule has 0 aliphatic rings. The van der Waals surface area contributed by atoms with Crippen LogP contribution in [0.3, 0.4) is 0 Å². The Morgan fingerprint density at radius 2 is 0.477 bits per heavy atom. The quantitative estimate of drug-likeness (QED) is 0.0146. The Bertz CT molecular complexity index is 2650. The molecular weight excluding hydrogens is 1430 g/mol. The van der Waals surface area contributed by atoms with Crippen LogP contribution in [0.15, 0.2) is 158 Å². The molecule has 0 saturated carbocycles. The summed E-state index contributed by atoms with van der Waals surface area (Å²) in [6.45, 7) is 2.51. The van der Waals surface area contributed by atoms with Crippen molar-refractivity contribution in [1.82, 2.24) is 0 Å². The van der Waals surface area contributed by atoms with E-state index in [0.29, 0.717) is 19.3 Å². The van der Waals surface area contributed by atoms with Gasteiger partial charge in [0.1, 0.15) is 25.4 Å². The Balaban J connectivity index is 4.62. The molecule has 5 unspecified atom stereocenters.